The molecule has 0 unspecified atom stereocenters. The number of carbonyl (C=O) groups is 3. The third kappa shape index (κ3) is 3.80. The van der Waals surface area contributed by atoms with Crippen LogP contribution in [0.3, 0.4) is 0 Å². The normalized spacial score (nSPS) is 9.67. The lowest BCUT2D eigenvalue weighted by atomic mass is 10.1. The zero-order valence-corrected chi connectivity index (χ0v) is 11.9. The van der Waals surface area contributed by atoms with Crippen molar-refractivity contribution in [2.75, 3.05) is 11.9 Å². The minimum atomic E-state index is -0.923. The lowest BCUT2D eigenvalue weighted by Gasteiger charge is -2.07. The van der Waals surface area contributed by atoms with Gasteiger partial charge in [-0.2, -0.15) is 0 Å². The molecular weight excluding hydrogens is 349 g/mol. The fraction of sp³-hybridized carbons (Fsp3) is 0.250. The van der Waals surface area contributed by atoms with Gasteiger partial charge in [0.1, 0.15) is 6.29 Å². The second-order valence-electron chi connectivity index (χ2n) is 3.34. The Hall–Kier alpha value is -1.44. The van der Waals surface area contributed by atoms with Crippen LogP contribution in [0.5, 0.6) is 0 Å². The van der Waals surface area contributed by atoms with E-state index in [2.05, 4.69) is 32.6 Å². The van der Waals surface area contributed by atoms with Crippen molar-refractivity contribution >= 4 is 46.4 Å². The Labute approximate surface area is 118 Å². The summed E-state index contributed by atoms with van der Waals surface area (Å²) in [6.45, 7) is 1.77. The van der Waals surface area contributed by atoms with E-state index in [9.17, 15) is 14.4 Å². The van der Waals surface area contributed by atoms with Gasteiger partial charge in [-0.25, -0.2) is 4.79 Å². The molecule has 0 aliphatic rings. The van der Waals surface area contributed by atoms with E-state index < -0.39 is 11.9 Å². The maximum Gasteiger partial charge on any atom is 0.397 e. The molecule has 0 saturated heterocycles. The number of aldehydes is 1. The molecule has 0 saturated carbocycles. The van der Waals surface area contributed by atoms with E-state index in [4.69, 9.17) is 0 Å². The van der Waals surface area contributed by atoms with Crippen molar-refractivity contribution in [2.45, 2.75) is 11.4 Å². The van der Waals surface area contributed by atoms with Gasteiger partial charge in [0, 0.05) is 15.7 Å². The zero-order chi connectivity index (χ0) is 13.5. The maximum absolute atomic E-state index is 11.4. The van der Waals surface area contributed by atoms with Crippen molar-refractivity contribution in [3.8, 4) is 0 Å². The lowest BCUT2D eigenvalue weighted by molar-refractivity contribution is -0.152. The summed E-state index contributed by atoms with van der Waals surface area (Å²) < 4.78 is 5.20. The third-order valence-electron chi connectivity index (χ3n) is 2.13. The summed E-state index contributed by atoms with van der Waals surface area (Å²) in [6.07, 6.45) is 0.755. The van der Waals surface area contributed by atoms with E-state index in [0.29, 0.717) is 15.7 Å². The highest BCUT2D eigenvalue weighted by Gasteiger charge is 2.15. The number of hydrogen-bond donors (Lipinski definition) is 1. The van der Waals surface area contributed by atoms with Crippen LogP contribution in [0.15, 0.2) is 18.2 Å². The second kappa shape index (κ2) is 7.10. The predicted molar refractivity (Wildman–Crippen MR) is 74.8 cm³/mol. The molecule has 0 heterocycles. The molecule has 6 heteroatoms. The van der Waals surface area contributed by atoms with Crippen molar-refractivity contribution in [3.63, 3.8) is 0 Å². The summed E-state index contributed by atoms with van der Waals surface area (Å²) in [5, 5.41) is 2.42. The summed E-state index contributed by atoms with van der Waals surface area (Å²) in [7, 11) is 0. The number of alkyl halides is 1. The summed E-state index contributed by atoms with van der Waals surface area (Å²) in [4.78, 5) is 33.3. The van der Waals surface area contributed by atoms with Crippen LogP contribution in [0.2, 0.25) is 0 Å². The summed E-state index contributed by atoms with van der Waals surface area (Å²) in [6, 6.07) is 4.83. The number of hydrogen-bond acceptors (Lipinski definition) is 4. The first-order chi connectivity index (χ1) is 8.62. The zero-order valence-electron chi connectivity index (χ0n) is 9.73. The van der Waals surface area contributed by atoms with Crippen LogP contribution < -0.4 is 5.32 Å². The molecule has 1 rings (SSSR count). The molecule has 0 fully saturated rings. The van der Waals surface area contributed by atoms with Gasteiger partial charge in [0.2, 0.25) is 0 Å². The number of esters is 1. The molecule has 1 aromatic rings. The molecule has 1 N–H and O–H groups in total. The number of nitrogens with one attached hydrogen (secondary N) is 1. The molecule has 0 aliphatic carbocycles. The topological polar surface area (TPSA) is 72.5 Å². The first-order valence-corrected chi connectivity index (χ1v) is 6.77. The van der Waals surface area contributed by atoms with Crippen molar-refractivity contribution in [1.82, 2.24) is 0 Å². The molecule has 0 bridgehead atoms. The Kier molecular flexibility index (Phi) is 5.76. The first-order valence-electron chi connectivity index (χ1n) is 5.24. The molecule has 0 aliphatic heterocycles. The third-order valence-corrected chi connectivity index (χ3v) is 2.95. The van der Waals surface area contributed by atoms with E-state index in [-0.39, 0.29) is 6.61 Å². The van der Waals surface area contributed by atoms with Crippen LogP contribution in [-0.2, 0) is 18.8 Å². The number of halogens is 1. The van der Waals surface area contributed by atoms with Gasteiger partial charge in [0.15, 0.2) is 0 Å². The monoisotopic (exact) mass is 361 g/mol. The fourth-order valence-electron chi connectivity index (χ4n) is 1.29. The highest BCUT2D eigenvalue weighted by Crippen LogP contribution is 2.17. The Morgan fingerprint density at radius 3 is 2.72 bits per heavy atom. The van der Waals surface area contributed by atoms with E-state index in [1.165, 1.54) is 0 Å². The standard InChI is InChI=1S/C12H12INO4/c1-2-18-12(17)11(16)14-10-4-3-8(7-15)9(5-10)6-13/h3-5,7H,2,6H2,1H3,(H,14,16). The van der Waals surface area contributed by atoms with Crippen LogP contribution in [0.4, 0.5) is 5.69 Å². The Morgan fingerprint density at radius 2 is 2.17 bits per heavy atom. The largest absolute Gasteiger partial charge is 0.459 e. The lowest BCUT2D eigenvalue weighted by Crippen LogP contribution is -2.25. The smallest absolute Gasteiger partial charge is 0.397 e. The van der Waals surface area contributed by atoms with Crippen LogP contribution in [0.1, 0.15) is 22.8 Å². The van der Waals surface area contributed by atoms with Gasteiger partial charge < -0.3 is 10.1 Å². The maximum atomic E-state index is 11.4. The van der Waals surface area contributed by atoms with Gasteiger partial charge in [-0.15, -0.1) is 0 Å². The minimum Gasteiger partial charge on any atom is -0.459 e. The number of anilines is 1. The van der Waals surface area contributed by atoms with Gasteiger partial charge in [0.05, 0.1) is 6.61 Å². The van der Waals surface area contributed by atoms with Gasteiger partial charge in [-0.1, -0.05) is 22.6 Å². The quantitative estimate of drug-likeness (QED) is 0.293. The molecule has 5 nitrogen and oxygen atoms in total. The number of ether oxygens (including phenoxy) is 1. The van der Waals surface area contributed by atoms with Gasteiger partial charge in [-0.3, -0.25) is 9.59 Å². The molecule has 0 spiro atoms. The summed E-state index contributed by atoms with van der Waals surface area (Å²) in [5.41, 5.74) is 1.83. The fourth-order valence-corrected chi connectivity index (χ4v) is 1.95. The molecule has 18 heavy (non-hydrogen) atoms. The molecule has 0 radical (unpaired) electrons. The number of rotatable bonds is 4. The van der Waals surface area contributed by atoms with Crippen LogP contribution >= 0.6 is 22.6 Å². The van der Waals surface area contributed by atoms with Crippen molar-refractivity contribution in [2.24, 2.45) is 0 Å². The van der Waals surface area contributed by atoms with Gasteiger partial charge >= 0.3 is 11.9 Å². The molecule has 1 amide bonds. The Balaban J connectivity index is 2.82. The van der Waals surface area contributed by atoms with Gasteiger partial charge in [0.25, 0.3) is 0 Å². The van der Waals surface area contributed by atoms with Crippen LogP contribution in [-0.4, -0.2) is 24.8 Å². The van der Waals surface area contributed by atoms with Crippen molar-refractivity contribution in [1.29, 1.82) is 0 Å². The van der Waals surface area contributed by atoms with Crippen molar-refractivity contribution < 1.29 is 19.1 Å². The van der Waals surface area contributed by atoms with Crippen LogP contribution in [0.25, 0.3) is 0 Å². The summed E-state index contributed by atoms with van der Waals surface area (Å²) in [5.74, 6) is -1.75. The van der Waals surface area contributed by atoms with E-state index in [0.717, 1.165) is 11.8 Å². The average molecular weight is 361 g/mol. The number of benzene rings is 1. The molecule has 96 valence electrons. The first kappa shape index (κ1) is 14.6. The van der Waals surface area contributed by atoms with E-state index in [1.807, 2.05) is 0 Å². The van der Waals surface area contributed by atoms with Crippen molar-refractivity contribution in [3.05, 3.63) is 29.3 Å². The number of carbonyl (C=O) groups excluding carboxylic acids is 3. The Bertz CT molecular complexity index is 473. The average Bonchev–Trinajstić information content (AvgIpc) is 2.38. The molecule has 0 aromatic heterocycles. The second-order valence-corrected chi connectivity index (χ2v) is 4.10. The summed E-state index contributed by atoms with van der Waals surface area (Å²) >= 11 is 2.12. The van der Waals surface area contributed by atoms with E-state index in [1.54, 1.807) is 25.1 Å². The molecular formula is C12H12INO4. The molecule has 1 aromatic carbocycles. The van der Waals surface area contributed by atoms with E-state index >= 15 is 0 Å². The highest BCUT2D eigenvalue weighted by molar-refractivity contribution is 14.1. The predicted octanol–water partition coefficient (Wildman–Crippen LogP) is 1.94. The Morgan fingerprint density at radius 1 is 1.44 bits per heavy atom. The molecule has 0 atom stereocenters. The SMILES string of the molecule is CCOC(=O)C(=O)Nc1ccc(C=O)c(CI)c1. The highest BCUT2D eigenvalue weighted by atomic mass is 127. The minimum absolute atomic E-state index is 0.148. The number of amides is 1. The van der Waals surface area contributed by atoms with Gasteiger partial charge in [-0.05, 0) is 30.7 Å². The van der Waals surface area contributed by atoms with Crippen LogP contribution in [0, 0.1) is 0 Å².